The highest BCUT2D eigenvalue weighted by atomic mass is 16.5. The van der Waals surface area contributed by atoms with Crippen LogP contribution in [0.1, 0.15) is 86.3 Å². The van der Waals surface area contributed by atoms with Crippen LogP contribution in [0.25, 0.3) is 0 Å². The summed E-state index contributed by atoms with van der Waals surface area (Å²) in [4.78, 5) is 120. The molecule has 5 aromatic carbocycles. The Labute approximate surface area is 537 Å². The van der Waals surface area contributed by atoms with Crippen molar-refractivity contribution in [3.63, 3.8) is 0 Å². The van der Waals surface area contributed by atoms with Crippen molar-refractivity contribution in [3.05, 3.63) is 161 Å². The Morgan fingerprint density at radius 1 is 0.641 bits per heavy atom. The number of esters is 2. The third-order valence-corrected chi connectivity index (χ3v) is 16.6. The Balaban J connectivity index is 1.23. The van der Waals surface area contributed by atoms with Crippen molar-refractivity contribution in [3.8, 4) is 28.7 Å². The molecule has 5 aromatic rings. The molecule has 2 aliphatic rings. The minimum atomic E-state index is -1.72. The summed E-state index contributed by atoms with van der Waals surface area (Å²) in [6.45, 7) is 1.92. The number of ether oxygens (including phenoxy) is 6. The van der Waals surface area contributed by atoms with Crippen molar-refractivity contribution in [1.82, 2.24) is 30.2 Å². The first-order chi connectivity index (χ1) is 44.1. The van der Waals surface area contributed by atoms with Gasteiger partial charge in [0.25, 0.3) is 11.8 Å². The Bertz CT molecular complexity index is 3360. The fourth-order valence-electron chi connectivity index (χ4n) is 11.1. The molecule has 22 heteroatoms. The Morgan fingerprint density at radius 2 is 1.27 bits per heavy atom. The van der Waals surface area contributed by atoms with Crippen molar-refractivity contribution in [2.75, 3.05) is 75.3 Å². The van der Waals surface area contributed by atoms with Crippen molar-refractivity contribution in [2.45, 2.75) is 114 Å². The number of nitrogens with one attached hydrogen (secondary N) is 2. The number of nitrogens with zero attached hydrogens (tertiary/aromatic N) is 4. The number of rotatable bonds is 13. The second-order valence-corrected chi connectivity index (χ2v) is 23.8. The Kier molecular flexibility index (Phi) is 25.6. The number of amides is 6. The van der Waals surface area contributed by atoms with Crippen molar-refractivity contribution in [2.24, 2.45) is 5.41 Å². The number of fused-ring (bicyclic) bond motifs is 3. The molecule has 22 nitrogen and oxygen atoms in total. The molecule has 1 saturated heterocycles. The number of hydrogen-bond donors (Lipinski definition) is 4. The maximum atomic E-state index is 14.9. The van der Waals surface area contributed by atoms with Crippen LogP contribution in [0.5, 0.6) is 28.7 Å². The topological polar surface area (TPSA) is 269 Å². The van der Waals surface area contributed by atoms with Crippen molar-refractivity contribution in [1.29, 1.82) is 0 Å². The zero-order valence-electron chi connectivity index (χ0n) is 53.7. The van der Waals surface area contributed by atoms with Crippen LogP contribution in [0.4, 0.5) is 0 Å². The van der Waals surface area contributed by atoms with Crippen LogP contribution in [0, 0.1) is 5.41 Å². The van der Waals surface area contributed by atoms with Gasteiger partial charge in [-0.3, -0.25) is 28.8 Å². The van der Waals surface area contributed by atoms with Gasteiger partial charge in [0, 0.05) is 64.6 Å². The minimum Gasteiger partial charge on any atom is -0.508 e. The van der Waals surface area contributed by atoms with E-state index >= 15 is 0 Å². The van der Waals surface area contributed by atoms with E-state index in [1.807, 2.05) is 24.3 Å². The first-order valence-corrected chi connectivity index (χ1v) is 30.8. The van der Waals surface area contributed by atoms with E-state index in [-0.39, 0.29) is 82.6 Å². The molecule has 6 amide bonds. The summed E-state index contributed by atoms with van der Waals surface area (Å²) >= 11 is 0. The quantitative estimate of drug-likeness (QED) is 0.0968. The van der Waals surface area contributed by atoms with Gasteiger partial charge < -0.3 is 68.9 Å². The fourth-order valence-corrected chi connectivity index (χ4v) is 11.1. The molecular weight excluding hydrogens is 1180 g/mol. The van der Waals surface area contributed by atoms with E-state index in [1.165, 1.54) is 74.4 Å². The molecule has 0 aromatic heterocycles. The van der Waals surface area contributed by atoms with Crippen LogP contribution in [0.3, 0.4) is 0 Å². The summed E-state index contributed by atoms with van der Waals surface area (Å²) < 4.78 is 35.1. The van der Waals surface area contributed by atoms with E-state index in [2.05, 4.69) is 10.6 Å². The number of piperidine rings is 1. The number of aliphatic hydroxyl groups is 1. The highest BCUT2D eigenvalue weighted by Crippen LogP contribution is 2.38. The number of methoxy groups -OCH3 is 3. The number of phenols is 1. The number of aromatic hydroxyl groups is 1. The molecule has 492 valence electrons. The van der Waals surface area contributed by atoms with E-state index in [4.69, 9.17) is 28.4 Å². The number of likely N-dealkylation sites (N-methyl/N-ethyl adjacent to an activating group) is 3. The van der Waals surface area contributed by atoms with Gasteiger partial charge in [0.15, 0.2) is 18.1 Å². The standard InChI is InChI=1S/C70H86N6O16/c1-70(2)45-91-63(80)27-16-17-36-73(3)66(83)53(38-47-20-11-9-12-21-47)71-61(78)43-74(4)67(84)54(39-48-22-13-10-14-23-48)72-65(82)55(34-30-46-28-32-51(77)33-29-46)75(5)62(79)44-90-52-25-19-24-49(40-52)57(35-31-50-41-59(88-7)60(89-8)42-58(50)87-6)92-69(86)56-26-15-18-37-76(56)68(85)64(70)81/h9-14,16,19-25,27-29,32-33,40-42,53-57,64,77,81H,15,17-18,26,30-31,34-39,43-45H2,1-8H3,(H,71,78)(H,72,82)/b27-16+/t53-,54-,55+,56+,57-,64?/m1/s1. The van der Waals surface area contributed by atoms with Crippen LogP contribution in [0.15, 0.2) is 133 Å². The van der Waals surface area contributed by atoms with E-state index in [1.54, 1.807) is 106 Å². The molecule has 1 fully saturated rings. The van der Waals surface area contributed by atoms with Gasteiger partial charge in [-0.25, -0.2) is 9.59 Å². The smallest absolute Gasteiger partial charge is 0.330 e. The first kappa shape index (κ1) is 70.0. The zero-order valence-corrected chi connectivity index (χ0v) is 53.7. The Morgan fingerprint density at radius 3 is 1.92 bits per heavy atom. The first-order valence-electron chi connectivity index (χ1n) is 30.8. The number of carbonyl (C=O) groups excluding carboxylic acids is 8. The molecule has 2 aliphatic heterocycles. The lowest BCUT2D eigenvalue weighted by atomic mass is 9.85. The van der Waals surface area contributed by atoms with Gasteiger partial charge in [-0.1, -0.05) is 105 Å². The molecule has 7 rings (SSSR count). The maximum absolute atomic E-state index is 14.9. The van der Waals surface area contributed by atoms with E-state index in [9.17, 15) is 48.6 Å². The number of benzene rings is 5. The number of cyclic esters (lactones) is 2. The number of carbonyl (C=O) groups is 8. The molecule has 92 heavy (non-hydrogen) atoms. The summed E-state index contributed by atoms with van der Waals surface area (Å²) in [5.41, 5.74) is 2.01. The molecule has 0 saturated carbocycles. The van der Waals surface area contributed by atoms with E-state index in [0.29, 0.717) is 46.8 Å². The molecule has 2 heterocycles. The third kappa shape index (κ3) is 19.5. The summed E-state index contributed by atoms with van der Waals surface area (Å²) in [7, 11) is 8.95. The van der Waals surface area contributed by atoms with Crippen LogP contribution in [0.2, 0.25) is 0 Å². The summed E-state index contributed by atoms with van der Waals surface area (Å²) in [6.07, 6.45) is 2.38. The number of hydrogen-bond acceptors (Lipinski definition) is 16. The van der Waals surface area contributed by atoms with Gasteiger partial charge >= 0.3 is 11.9 Å². The van der Waals surface area contributed by atoms with Crippen molar-refractivity contribution < 1.29 is 77.0 Å². The highest BCUT2D eigenvalue weighted by molar-refractivity contribution is 5.95. The molecule has 0 radical (unpaired) electrons. The average molecular weight is 1270 g/mol. The molecular formula is C70H86N6O16. The summed E-state index contributed by atoms with van der Waals surface area (Å²) in [5.74, 6) is -3.69. The highest BCUT2D eigenvalue weighted by Gasteiger charge is 2.43. The molecule has 1 unspecified atom stereocenters. The monoisotopic (exact) mass is 1270 g/mol. The normalized spacial score (nSPS) is 21.9. The average Bonchev–Trinajstić information content (AvgIpc) is 0.848. The minimum absolute atomic E-state index is 0.00152. The largest absolute Gasteiger partial charge is 0.508 e. The molecule has 6 atom stereocenters. The van der Waals surface area contributed by atoms with Gasteiger partial charge in [0.2, 0.25) is 23.6 Å². The van der Waals surface area contributed by atoms with Gasteiger partial charge in [0.1, 0.15) is 53.6 Å². The van der Waals surface area contributed by atoms with Gasteiger partial charge in [-0.2, -0.15) is 0 Å². The molecule has 0 aliphatic carbocycles. The lowest BCUT2D eigenvalue weighted by Gasteiger charge is -2.39. The fraction of sp³-hybridized carbons (Fsp3) is 0.429. The third-order valence-electron chi connectivity index (χ3n) is 16.6. The molecule has 4 N–H and O–H groups in total. The van der Waals surface area contributed by atoms with E-state index in [0.717, 1.165) is 16.0 Å². The predicted octanol–water partition coefficient (Wildman–Crippen LogP) is 6.12. The lowest BCUT2D eigenvalue weighted by molar-refractivity contribution is -0.168. The predicted molar refractivity (Wildman–Crippen MR) is 341 cm³/mol. The van der Waals surface area contributed by atoms with Crippen LogP contribution < -0.4 is 29.6 Å². The zero-order chi connectivity index (χ0) is 66.5. The second-order valence-electron chi connectivity index (χ2n) is 23.8. The van der Waals surface area contributed by atoms with Crippen molar-refractivity contribution >= 4 is 47.4 Å². The number of aliphatic hydroxyl groups excluding tert-OH is 1. The summed E-state index contributed by atoms with van der Waals surface area (Å²) in [5, 5.41) is 27.5. The SMILES string of the molecule is COc1cc(OC)c(OC)cc1CC[C@H]1OC(=O)[C@@H]2CCCCN2C(=O)C(O)C(C)(C)COC(=O)/C=C/CCN(C)C(=O)[C@@H](Cc2ccccc2)NC(=O)CN(C)C(=O)[C@@H](Cc2ccccc2)NC(=O)[C@H](CCc2ccc(O)cc2)N(C)C(=O)COc2cccc1c2. The summed E-state index contributed by atoms with van der Waals surface area (Å²) in [6, 6.07) is 29.9. The van der Waals surface area contributed by atoms with Gasteiger partial charge in [-0.15, -0.1) is 0 Å². The van der Waals surface area contributed by atoms with Gasteiger partial charge in [-0.05, 0) is 110 Å². The van der Waals surface area contributed by atoms with E-state index < -0.39 is 102 Å². The van der Waals surface area contributed by atoms with Gasteiger partial charge in [0.05, 0.1) is 34.5 Å². The second kappa shape index (κ2) is 33.6. The van der Waals surface area contributed by atoms with Crippen LogP contribution in [-0.4, -0.2) is 183 Å². The lowest BCUT2D eigenvalue weighted by Crippen LogP contribution is -2.57. The van der Waals surface area contributed by atoms with Crippen LogP contribution in [-0.2, 0) is 73.5 Å². The molecule has 2 bridgehead atoms. The Hall–Kier alpha value is -9.44. The maximum Gasteiger partial charge on any atom is 0.330 e. The van der Waals surface area contributed by atoms with Crippen LogP contribution >= 0.6 is 0 Å². The molecule has 0 spiro atoms. The number of aryl methyl sites for hydroxylation is 2. The number of phenolic OH excluding ortho intramolecular Hbond substituents is 1.